The van der Waals surface area contributed by atoms with Crippen molar-refractivity contribution < 1.29 is 18.3 Å². The van der Waals surface area contributed by atoms with E-state index in [1.807, 2.05) is 0 Å². The molecule has 0 radical (unpaired) electrons. The zero-order valence-electron chi connectivity index (χ0n) is 10.6. The van der Waals surface area contributed by atoms with Crippen molar-refractivity contribution in [2.24, 2.45) is 0 Å². The van der Waals surface area contributed by atoms with Crippen molar-refractivity contribution >= 4 is 18.5 Å². The number of alkyl halides is 3. The van der Waals surface area contributed by atoms with Crippen molar-refractivity contribution in [3.8, 4) is 0 Å². The smallest absolute Gasteiger partial charge is 0.395 e. The molecule has 1 atom stereocenters. The van der Waals surface area contributed by atoms with Gasteiger partial charge >= 0.3 is 6.18 Å². The molecule has 0 saturated carbocycles. The minimum Gasteiger partial charge on any atom is -0.395 e. The topological polar surface area (TPSA) is 20.2 Å². The molecule has 1 unspecified atom stereocenters. The molecule has 2 rings (SSSR count). The summed E-state index contributed by atoms with van der Waals surface area (Å²) in [6, 6.07) is 17.2. The van der Waals surface area contributed by atoms with Crippen LogP contribution >= 0.6 is 7.92 Å². The second-order valence-electron chi connectivity index (χ2n) is 4.28. The molecule has 0 aliphatic carbocycles. The Hall–Kier alpha value is -1.38. The first-order chi connectivity index (χ1) is 9.54. The molecular formula is C15H14F3OP. The van der Waals surface area contributed by atoms with Crippen molar-refractivity contribution in [3.63, 3.8) is 0 Å². The van der Waals surface area contributed by atoms with Gasteiger partial charge in [0.15, 0.2) is 0 Å². The SMILES string of the molecule is OCC(P(c1ccccc1)c1ccccc1)C(F)(F)F. The molecule has 0 saturated heterocycles. The highest BCUT2D eigenvalue weighted by atomic mass is 31.1. The number of aliphatic hydroxyl groups excluding tert-OH is 1. The zero-order valence-corrected chi connectivity index (χ0v) is 11.5. The molecule has 20 heavy (non-hydrogen) atoms. The summed E-state index contributed by atoms with van der Waals surface area (Å²) in [6.07, 6.45) is -4.42. The highest BCUT2D eigenvalue weighted by Crippen LogP contribution is 2.46. The van der Waals surface area contributed by atoms with Crippen molar-refractivity contribution in [1.29, 1.82) is 0 Å². The van der Waals surface area contributed by atoms with Crippen LogP contribution in [0.4, 0.5) is 13.2 Å². The van der Waals surface area contributed by atoms with Gasteiger partial charge in [0.05, 0.1) is 6.61 Å². The van der Waals surface area contributed by atoms with E-state index in [0.29, 0.717) is 10.6 Å². The molecule has 0 bridgehead atoms. The lowest BCUT2D eigenvalue weighted by atomic mass is 10.4. The van der Waals surface area contributed by atoms with Gasteiger partial charge in [0.2, 0.25) is 0 Å². The fraction of sp³-hybridized carbons (Fsp3) is 0.200. The molecule has 2 aromatic rings. The Bertz CT molecular complexity index is 488. The van der Waals surface area contributed by atoms with Gasteiger partial charge in [-0.3, -0.25) is 0 Å². The van der Waals surface area contributed by atoms with E-state index < -0.39 is 26.4 Å². The standard InChI is InChI=1S/C15H14F3OP/c16-15(17,18)14(11-19)20(12-7-3-1-4-8-12)13-9-5-2-6-10-13/h1-10,14,19H,11H2. The second-order valence-corrected chi connectivity index (χ2v) is 6.68. The largest absolute Gasteiger partial charge is 0.398 e. The molecule has 0 aliphatic heterocycles. The van der Waals surface area contributed by atoms with Crippen LogP contribution in [0.1, 0.15) is 0 Å². The molecule has 2 aromatic carbocycles. The van der Waals surface area contributed by atoms with E-state index in [4.69, 9.17) is 0 Å². The van der Waals surface area contributed by atoms with E-state index in [1.165, 1.54) is 0 Å². The number of hydrogen-bond donors (Lipinski definition) is 1. The van der Waals surface area contributed by atoms with Crippen molar-refractivity contribution in [2.45, 2.75) is 11.8 Å². The highest BCUT2D eigenvalue weighted by molar-refractivity contribution is 7.73. The molecule has 106 valence electrons. The molecular weight excluding hydrogens is 284 g/mol. The fourth-order valence-electron chi connectivity index (χ4n) is 2.02. The van der Waals surface area contributed by atoms with Crippen LogP contribution in [0.5, 0.6) is 0 Å². The zero-order chi connectivity index (χ0) is 14.6. The molecule has 1 N–H and O–H groups in total. The van der Waals surface area contributed by atoms with Gasteiger partial charge in [-0.2, -0.15) is 13.2 Å². The maximum absolute atomic E-state index is 13.2. The predicted octanol–water partition coefficient (Wildman–Crippen LogP) is 3.04. The first-order valence-corrected chi connectivity index (χ1v) is 7.52. The summed E-state index contributed by atoms with van der Waals surface area (Å²) >= 11 is 0. The van der Waals surface area contributed by atoms with Crippen LogP contribution in [0.25, 0.3) is 0 Å². The average molecular weight is 298 g/mol. The van der Waals surface area contributed by atoms with E-state index >= 15 is 0 Å². The Balaban J connectivity index is 2.50. The molecule has 5 heteroatoms. The second kappa shape index (κ2) is 6.38. The lowest BCUT2D eigenvalue weighted by Crippen LogP contribution is -2.36. The lowest BCUT2D eigenvalue weighted by molar-refractivity contribution is -0.136. The third kappa shape index (κ3) is 3.38. The minimum atomic E-state index is -4.42. The van der Waals surface area contributed by atoms with Crippen LogP contribution in [0.3, 0.4) is 0 Å². The third-order valence-electron chi connectivity index (χ3n) is 2.93. The highest BCUT2D eigenvalue weighted by Gasteiger charge is 2.45. The maximum atomic E-state index is 13.2. The number of hydrogen-bond acceptors (Lipinski definition) is 1. The predicted molar refractivity (Wildman–Crippen MR) is 76.0 cm³/mol. The van der Waals surface area contributed by atoms with Gasteiger partial charge in [-0.1, -0.05) is 60.7 Å². The van der Waals surface area contributed by atoms with Crippen molar-refractivity contribution in [2.75, 3.05) is 6.61 Å². The summed E-state index contributed by atoms with van der Waals surface area (Å²) in [6.45, 7) is -0.904. The molecule has 0 aliphatic rings. The van der Waals surface area contributed by atoms with Gasteiger partial charge in [0.1, 0.15) is 5.66 Å². The Morgan fingerprint density at radius 1 is 0.850 bits per heavy atom. The normalized spacial score (nSPS) is 13.4. The van der Waals surface area contributed by atoms with E-state index in [-0.39, 0.29) is 0 Å². The molecule has 1 nitrogen and oxygen atoms in total. The van der Waals surface area contributed by atoms with E-state index in [0.717, 1.165) is 0 Å². The van der Waals surface area contributed by atoms with E-state index in [1.54, 1.807) is 60.7 Å². The average Bonchev–Trinajstić information content (AvgIpc) is 2.45. The van der Waals surface area contributed by atoms with Crippen molar-refractivity contribution in [1.82, 2.24) is 0 Å². The Kier molecular flexibility index (Phi) is 4.79. The van der Waals surface area contributed by atoms with Gasteiger partial charge in [-0.05, 0) is 18.5 Å². The quantitative estimate of drug-likeness (QED) is 0.860. The molecule has 0 spiro atoms. The van der Waals surface area contributed by atoms with Gasteiger partial charge in [-0.15, -0.1) is 0 Å². The van der Waals surface area contributed by atoms with Crippen LogP contribution in [-0.2, 0) is 0 Å². The Labute approximate surface area is 116 Å². The molecule has 0 heterocycles. The van der Waals surface area contributed by atoms with Crippen LogP contribution in [0.2, 0.25) is 0 Å². The van der Waals surface area contributed by atoms with Crippen LogP contribution in [0.15, 0.2) is 60.7 Å². The summed E-state index contributed by atoms with van der Waals surface area (Å²) in [7, 11) is -1.68. The third-order valence-corrected chi connectivity index (χ3v) is 5.72. The van der Waals surface area contributed by atoms with Gasteiger partial charge in [0.25, 0.3) is 0 Å². The Morgan fingerprint density at radius 3 is 1.55 bits per heavy atom. The van der Waals surface area contributed by atoms with Crippen LogP contribution in [-0.4, -0.2) is 23.5 Å². The number of aliphatic hydroxyl groups is 1. The summed E-state index contributed by atoms with van der Waals surface area (Å²) in [5.41, 5.74) is -1.75. The molecule has 0 aromatic heterocycles. The number of rotatable bonds is 4. The lowest BCUT2D eigenvalue weighted by Gasteiger charge is -2.28. The number of benzene rings is 2. The molecule has 0 amide bonds. The van der Waals surface area contributed by atoms with Gasteiger partial charge in [-0.25, -0.2) is 0 Å². The van der Waals surface area contributed by atoms with Crippen LogP contribution < -0.4 is 10.6 Å². The van der Waals surface area contributed by atoms with Crippen molar-refractivity contribution in [3.05, 3.63) is 60.7 Å². The first-order valence-electron chi connectivity index (χ1n) is 6.11. The maximum Gasteiger partial charge on any atom is 0.398 e. The Morgan fingerprint density at radius 2 is 1.25 bits per heavy atom. The van der Waals surface area contributed by atoms with E-state index in [2.05, 4.69) is 0 Å². The monoisotopic (exact) mass is 298 g/mol. The molecule has 0 fully saturated rings. The van der Waals surface area contributed by atoms with Gasteiger partial charge < -0.3 is 5.11 Å². The van der Waals surface area contributed by atoms with Gasteiger partial charge in [0, 0.05) is 0 Å². The summed E-state index contributed by atoms with van der Waals surface area (Å²) in [4.78, 5) is 0. The summed E-state index contributed by atoms with van der Waals surface area (Å²) < 4.78 is 39.6. The minimum absolute atomic E-state index is 0.616. The van der Waals surface area contributed by atoms with E-state index in [9.17, 15) is 18.3 Å². The van der Waals surface area contributed by atoms with Crippen LogP contribution in [0, 0.1) is 0 Å². The fourth-order valence-corrected chi connectivity index (χ4v) is 4.48. The first kappa shape index (κ1) is 15.0. The summed E-state index contributed by atoms with van der Waals surface area (Å²) in [5.74, 6) is 0. The summed E-state index contributed by atoms with van der Waals surface area (Å²) in [5, 5.41) is 10.5. The number of halogens is 3.